The lowest BCUT2D eigenvalue weighted by molar-refractivity contribution is -0.119. The Labute approximate surface area is 122 Å². The fourth-order valence-corrected chi connectivity index (χ4v) is 2.81. The lowest BCUT2D eigenvalue weighted by Gasteiger charge is -2.15. The minimum atomic E-state index is -0.0615. The Morgan fingerprint density at radius 3 is 2.89 bits per heavy atom. The molecule has 3 nitrogen and oxygen atoms in total. The number of ketones is 1. The van der Waals surface area contributed by atoms with Crippen molar-refractivity contribution >= 4 is 21.7 Å². The molecular weight excluding hydrogens is 306 g/mol. The lowest BCUT2D eigenvalue weighted by atomic mass is 9.96. The molecule has 1 heterocycles. The van der Waals surface area contributed by atoms with Crippen molar-refractivity contribution in [2.75, 3.05) is 6.61 Å². The first kappa shape index (κ1) is 14.5. The van der Waals surface area contributed by atoms with Crippen LogP contribution in [0.15, 0.2) is 16.6 Å². The largest absolute Gasteiger partial charge is 0.493 e. The van der Waals surface area contributed by atoms with Gasteiger partial charge in [-0.05, 0) is 23.6 Å². The van der Waals surface area contributed by atoms with Gasteiger partial charge in [0.25, 0.3) is 0 Å². The zero-order chi connectivity index (χ0) is 14.0. The van der Waals surface area contributed by atoms with E-state index in [1.54, 1.807) is 0 Å². The molecule has 0 aliphatic carbocycles. The summed E-state index contributed by atoms with van der Waals surface area (Å²) in [7, 11) is 0. The first-order valence-electron chi connectivity index (χ1n) is 6.68. The Morgan fingerprint density at radius 1 is 1.47 bits per heavy atom. The van der Waals surface area contributed by atoms with Gasteiger partial charge in [-0.1, -0.05) is 29.8 Å². The van der Waals surface area contributed by atoms with Crippen LogP contribution in [0.3, 0.4) is 0 Å². The number of nitrogens with two attached hydrogens (primary N) is 1. The number of hydrogen-bond acceptors (Lipinski definition) is 3. The second kappa shape index (κ2) is 6.06. The van der Waals surface area contributed by atoms with E-state index in [1.165, 1.54) is 5.56 Å². The molecule has 0 bridgehead atoms. The normalized spacial score (nSPS) is 15.2. The summed E-state index contributed by atoms with van der Waals surface area (Å²) in [6, 6.07) is 3.98. The highest BCUT2D eigenvalue weighted by Gasteiger charge is 2.20. The molecule has 0 amide bonds. The van der Waals surface area contributed by atoms with Crippen molar-refractivity contribution in [3.05, 3.63) is 27.7 Å². The average molecular weight is 326 g/mol. The third-order valence-electron chi connectivity index (χ3n) is 3.53. The average Bonchev–Trinajstić information content (AvgIpc) is 2.76. The van der Waals surface area contributed by atoms with Crippen molar-refractivity contribution in [2.45, 2.75) is 39.2 Å². The number of Topliss-reactive ketones (excluding diaryl/α,β-unsaturated/α-hetero) is 1. The Bertz CT molecular complexity index is 485. The molecule has 1 aromatic carbocycles. The third kappa shape index (κ3) is 3.57. The number of carbonyl (C=O) groups is 1. The SMILES string of the molecule is CC(C)C(N)CC(=O)Cc1cc(Br)cc2c1OCC2. The molecular formula is C15H20BrNO2. The number of ether oxygens (including phenoxy) is 1. The minimum absolute atomic E-state index is 0.0615. The van der Waals surface area contributed by atoms with Gasteiger partial charge in [-0.2, -0.15) is 0 Å². The van der Waals surface area contributed by atoms with Crippen LogP contribution in [0.2, 0.25) is 0 Å². The summed E-state index contributed by atoms with van der Waals surface area (Å²) in [5.74, 6) is 1.40. The predicted octanol–water partition coefficient (Wildman–Crippen LogP) is 2.87. The quantitative estimate of drug-likeness (QED) is 0.905. The van der Waals surface area contributed by atoms with Gasteiger partial charge in [0.15, 0.2) is 0 Å². The summed E-state index contributed by atoms with van der Waals surface area (Å²) in [5, 5.41) is 0. The van der Waals surface area contributed by atoms with Crippen LogP contribution in [0.25, 0.3) is 0 Å². The van der Waals surface area contributed by atoms with E-state index in [0.29, 0.717) is 25.4 Å². The van der Waals surface area contributed by atoms with Crippen molar-refractivity contribution in [1.29, 1.82) is 0 Å². The number of halogens is 1. The van der Waals surface area contributed by atoms with E-state index >= 15 is 0 Å². The summed E-state index contributed by atoms with van der Waals surface area (Å²) in [5.41, 5.74) is 8.11. The molecule has 2 rings (SSSR count). The maximum atomic E-state index is 12.1. The van der Waals surface area contributed by atoms with Crippen LogP contribution in [-0.2, 0) is 17.6 Å². The van der Waals surface area contributed by atoms with E-state index < -0.39 is 0 Å². The molecule has 0 saturated heterocycles. The molecule has 1 aliphatic heterocycles. The molecule has 2 N–H and O–H groups in total. The molecule has 0 radical (unpaired) electrons. The predicted molar refractivity (Wildman–Crippen MR) is 79.5 cm³/mol. The number of carbonyl (C=O) groups excluding carboxylic acids is 1. The zero-order valence-corrected chi connectivity index (χ0v) is 13.0. The van der Waals surface area contributed by atoms with Crippen LogP contribution in [-0.4, -0.2) is 18.4 Å². The van der Waals surface area contributed by atoms with E-state index in [9.17, 15) is 4.79 Å². The van der Waals surface area contributed by atoms with E-state index in [4.69, 9.17) is 10.5 Å². The topological polar surface area (TPSA) is 52.3 Å². The van der Waals surface area contributed by atoms with Gasteiger partial charge in [0.05, 0.1) is 6.61 Å². The molecule has 0 spiro atoms. The second-order valence-corrected chi connectivity index (χ2v) is 6.39. The van der Waals surface area contributed by atoms with Gasteiger partial charge in [-0.15, -0.1) is 0 Å². The Hall–Kier alpha value is -0.870. The Kier molecular flexibility index (Phi) is 4.63. The van der Waals surface area contributed by atoms with Crippen molar-refractivity contribution in [3.8, 4) is 5.75 Å². The third-order valence-corrected chi connectivity index (χ3v) is 3.99. The number of benzene rings is 1. The maximum Gasteiger partial charge on any atom is 0.138 e. The zero-order valence-electron chi connectivity index (χ0n) is 11.4. The molecule has 1 aromatic rings. The van der Waals surface area contributed by atoms with Gasteiger partial charge in [0, 0.05) is 35.3 Å². The van der Waals surface area contributed by atoms with Crippen molar-refractivity contribution < 1.29 is 9.53 Å². The minimum Gasteiger partial charge on any atom is -0.493 e. The van der Waals surface area contributed by atoms with Gasteiger partial charge >= 0.3 is 0 Å². The molecule has 4 heteroatoms. The van der Waals surface area contributed by atoms with Crippen LogP contribution < -0.4 is 10.5 Å². The van der Waals surface area contributed by atoms with Gasteiger partial charge in [0.1, 0.15) is 11.5 Å². The fraction of sp³-hybridized carbons (Fsp3) is 0.533. The highest BCUT2D eigenvalue weighted by molar-refractivity contribution is 9.10. The van der Waals surface area contributed by atoms with E-state index in [-0.39, 0.29) is 11.8 Å². The monoisotopic (exact) mass is 325 g/mol. The van der Waals surface area contributed by atoms with Gasteiger partial charge < -0.3 is 10.5 Å². The van der Waals surface area contributed by atoms with E-state index in [1.807, 2.05) is 19.9 Å². The summed E-state index contributed by atoms with van der Waals surface area (Å²) in [6.45, 7) is 4.79. The van der Waals surface area contributed by atoms with Crippen LogP contribution >= 0.6 is 15.9 Å². The van der Waals surface area contributed by atoms with Crippen LogP contribution in [0.1, 0.15) is 31.4 Å². The lowest BCUT2D eigenvalue weighted by Crippen LogP contribution is -2.29. The summed E-state index contributed by atoms with van der Waals surface area (Å²) >= 11 is 3.49. The van der Waals surface area contributed by atoms with Gasteiger partial charge in [-0.25, -0.2) is 0 Å². The smallest absolute Gasteiger partial charge is 0.138 e. The van der Waals surface area contributed by atoms with Crippen molar-refractivity contribution in [1.82, 2.24) is 0 Å². The fourth-order valence-electron chi connectivity index (χ4n) is 2.26. The molecule has 1 unspecified atom stereocenters. The summed E-state index contributed by atoms with van der Waals surface area (Å²) < 4.78 is 6.64. The summed E-state index contributed by atoms with van der Waals surface area (Å²) in [4.78, 5) is 12.1. The van der Waals surface area contributed by atoms with Gasteiger partial charge in [-0.3, -0.25) is 4.79 Å². The number of fused-ring (bicyclic) bond motifs is 1. The second-order valence-electron chi connectivity index (χ2n) is 5.48. The first-order valence-corrected chi connectivity index (χ1v) is 7.48. The molecule has 104 valence electrons. The molecule has 0 aromatic heterocycles. The Morgan fingerprint density at radius 2 is 2.21 bits per heavy atom. The first-order chi connectivity index (χ1) is 8.97. The maximum absolute atomic E-state index is 12.1. The molecule has 1 atom stereocenters. The van der Waals surface area contributed by atoms with Gasteiger partial charge in [0.2, 0.25) is 0 Å². The van der Waals surface area contributed by atoms with Crippen LogP contribution in [0, 0.1) is 5.92 Å². The Balaban J connectivity index is 2.09. The number of rotatable bonds is 5. The van der Waals surface area contributed by atoms with Crippen LogP contribution in [0.5, 0.6) is 5.75 Å². The van der Waals surface area contributed by atoms with Crippen molar-refractivity contribution in [2.24, 2.45) is 11.7 Å². The van der Waals surface area contributed by atoms with Crippen molar-refractivity contribution in [3.63, 3.8) is 0 Å². The number of hydrogen-bond donors (Lipinski definition) is 1. The molecule has 0 saturated carbocycles. The highest BCUT2D eigenvalue weighted by atomic mass is 79.9. The van der Waals surface area contributed by atoms with Crippen LogP contribution in [0.4, 0.5) is 0 Å². The molecule has 19 heavy (non-hydrogen) atoms. The summed E-state index contributed by atoms with van der Waals surface area (Å²) in [6.07, 6.45) is 1.75. The van der Waals surface area contributed by atoms with E-state index in [2.05, 4.69) is 22.0 Å². The molecule has 0 fully saturated rings. The molecule has 1 aliphatic rings. The van der Waals surface area contributed by atoms with E-state index in [0.717, 1.165) is 22.2 Å². The standard InChI is InChI=1S/C15H20BrNO2/c1-9(2)14(17)8-13(18)7-11-6-12(16)5-10-3-4-19-15(10)11/h5-6,9,14H,3-4,7-8,17H2,1-2H3. The highest BCUT2D eigenvalue weighted by Crippen LogP contribution is 2.33.